The Labute approximate surface area is 151 Å². The van der Waals surface area contributed by atoms with E-state index in [9.17, 15) is 4.79 Å². The average Bonchev–Trinajstić information content (AvgIpc) is 3.16. The number of pyridine rings is 2. The zero-order valence-corrected chi connectivity index (χ0v) is 14.4. The minimum Gasteiger partial charge on any atom is -0.363 e. The second-order valence-corrected chi connectivity index (χ2v) is 6.28. The number of aryl methyl sites for hydroxylation is 1. The molecule has 3 aromatic rings. The molecule has 3 aromatic heterocycles. The molecule has 0 amide bonds. The zero-order chi connectivity index (χ0) is 17.8. The highest BCUT2D eigenvalue weighted by molar-refractivity contribution is 5.84. The Morgan fingerprint density at radius 1 is 1.00 bits per heavy atom. The van der Waals surface area contributed by atoms with Crippen LogP contribution in [-0.2, 0) is 24.1 Å². The first kappa shape index (κ1) is 16.3. The number of Topliss-reactive ketones (excluding diaryl/α,β-unsaturated/α-hetero) is 1. The lowest BCUT2D eigenvalue weighted by atomic mass is 10.2. The van der Waals surface area contributed by atoms with Gasteiger partial charge in [-0.05, 0) is 43.5 Å². The molecule has 130 valence electrons. The molecule has 6 heteroatoms. The standard InChI is InChI=1S/C20H19N5O/c26-15(12-14-6-1-3-10-21-14)13-23-19-16-7-5-9-17(16)24-20(25-19)18-8-2-4-11-22-18/h1-4,6,8,10-11H,5,7,9,12-13H2,(H,23,24,25). The van der Waals surface area contributed by atoms with Crippen molar-refractivity contribution in [3.63, 3.8) is 0 Å². The summed E-state index contributed by atoms with van der Waals surface area (Å²) in [7, 11) is 0. The molecule has 0 atom stereocenters. The van der Waals surface area contributed by atoms with Crippen LogP contribution in [0.3, 0.4) is 0 Å². The van der Waals surface area contributed by atoms with Gasteiger partial charge < -0.3 is 5.32 Å². The monoisotopic (exact) mass is 345 g/mol. The molecule has 26 heavy (non-hydrogen) atoms. The Morgan fingerprint density at radius 2 is 1.85 bits per heavy atom. The number of anilines is 1. The van der Waals surface area contributed by atoms with Crippen LogP contribution in [0, 0.1) is 0 Å². The Bertz CT molecular complexity index is 912. The first-order valence-electron chi connectivity index (χ1n) is 8.76. The number of hydrogen-bond acceptors (Lipinski definition) is 6. The lowest BCUT2D eigenvalue weighted by Crippen LogP contribution is -2.18. The first-order chi connectivity index (χ1) is 12.8. The van der Waals surface area contributed by atoms with Crippen LogP contribution >= 0.6 is 0 Å². The fourth-order valence-corrected chi connectivity index (χ4v) is 3.14. The van der Waals surface area contributed by atoms with Gasteiger partial charge in [-0.2, -0.15) is 0 Å². The van der Waals surface area contributed by atoms with Crippen LogP contribution in [0.15, 0.2) is 48.8 Å². The first-order valence-corrected chi connectivity index (χ1v) is 8.76. The van der Waals surface area contributed by atoms with E-state index in [0.717, 1.165) is 47.7 Å². The number of rotatable bonds is 6. The van der Waals surface area contributed by atoms with Gasteiger partial charge >= 0.3 is 0 Å². The summed E-state index contributed by atoms with van der Waals surface area (Å²) in [6.07, 6.45) is 6.69. The van der Waals surface area contributed by atoms with E-state index in [1.54, 1.807) is 12.4 Å². The lowest BCUT2D eigenvalue weighted by Gasteiger charge is -2.11. The van der Waals surface area contributed by atoms with Gasteiger partial charge in [-0.25, -0.2) is 9.97 Å². The van der Waals surface area contributed by atoms with Crippen molar-refractivity contribution in [2.24, 2.45) is 0 Å². The Balaban J connectivity index is 1.52. The predicted octanol–water partition coefficient (Wildman–Crippen LogP) is 2.65. The molecule has 3 heterocycles. The van der Waals surface area contributed by atoms with Gasteiger partial charge in [0.15, 0.2) is 11.6 Å². The average molecular weight is 345 g/mol. The van der Waals surface area contributed by atoms with Crippen molar-refractivity contribution in [1.82, 2.24) is 19.9 Å². The van der Waals surface area contributed by atoms with Gasteiger partial charge in [0.25, 0.3) is 0 Å². The fraction of sp³-hybridized carbons (Fsp3) is 0.250. The number of aromatic nitrogens is 4. The van der Waals surface area contributed by atoms with E-state index >= 15 is 0 Å². The molecule has 0 fully saturated rings. The molecule has 1 aliphatic carbocycles. The van der Waals surface area contributed by atoms with Crippen LogP contribution in [0.5, 0.6) is 0 Å². The number of carbonyl (C=O) groups excluding carboxylic acids is 1. The molecule has 0 spiro atoms. The third kappa shape index (κ3) is 3.59. The summed E-state index contributed by atoms with van der Waals surface area (Å²) in [6, 6.07) is 11.3. The van der Waals surface area contributed by atoms with Crippen molar-refractivity contribution in [2.75, 3.05) is 11.9 Å². The summed E-state index contributed by atoms with van der Waals surface area (Å²) in [4.78, 5) is 30.1. The SMILES string of the molecule is O=C(CNc1nc(-c2ccccn2)nc2c1CCC2)Cc1ccccn1. The number of hydrogen-bond donors (Lipinski definition) is 1. The Hall–Kier alpha value is -3.15. The van der Waals surface area contributed by atoms with Gasteiger partial charge in [0.1, 0.15) is 11.5 Å². The van der Waals surface area contributed by atoms with E-state index in [-0.39, 0.29) is 12.3 Å². The number of carbonyl (C=O) groups is 1. The van der Waals surface area contributed by atoms with Crippen molar-refractivity contribution >= 4 is 11.6 Å². The van der Waals surface area contributed by atoms with Gasteiger partial charge in [0.05, 0.1) is 13.0 Å². The largest absolute Gasteiger partial charge is 0.363 e. The van der Waals surface area contributed by atoms with Gasteiger partial charge in [-0.3, -0.25) is 14.8 Å². The third-order valence-corrected chi connectivity index (χ3v) is 4.38. The molecule has 1 N–H and O–H groups in total. The van der Waals surface area contributed by atoms with E-state index in [4.69, 9.17) is 0 Å². The molecule has 0 aliphatic heterocycles. The van der Waals surface area contributed by atoms with E-state index in [1.165, 1.54) is 0 Å². The Kier molecular flexibility index (Phi) is 4.64. The molecule has 6 nitrogen and oxygen atoms in total. The maximum atomic E-state index is 12.3. The fourth-order valence-electron chi connectivity index (χ4n) is 3.14. The second-order valence-electron chi connectivity index (χ2n) is 6.28. The molecule has 0 saturated heterocycles. The highest BCUT2D eigenvalue weighted by atomic mass is 16.1. The Morgan fingerprint density at radius 3 is 2.62 bits per heavy atom. The van der Waals surface area contributed by atoms with E-state index in [0.29, 0.717) is 12.2 Å². The highest BCUT2D eigenvalue weighted by Gasteiger charge is 2.20. The van der Waals surface area contributed by atoms with Crippen LogP contribution in [0.1, 0.15) is 23.4 Å². The second kappa shape index (κ2) is 7.39. The summed E-state index contributed by atoms with van der Waals surface area (Å²) in [5.74, 6) is 1.43. The maximum absolute atomic E-state index is 12.3. The minimum absolute atomic E-state index is 0.0773. The van der Waals surface area contributed by atoms with Gasteiger partial charge in [0.2, 0.25) is 0 Å². The molecule has 4 rings (SSSR count). The van der Waals surface area contributed by atoms with Crippen LogP contribution in [0.4, 0.5) is 5.82 Å². The van der Waals surface area contributed by atoms with E-state index in [1.807, 2.05) is 36.4 Å². The topological polar surface area (TPSA) is 80.7 Å². The quantitative estimate of drug-likeness (QED) is 0.740. The highest BCUT2D eigenvalue weighted by Crippen LogP contribution is 2.28. The summed E-state index contributed by atoms with van der Waals surface area (Å²) in [5.41, 5.74) is 3.70. The van der Waals surface area contributed by atoms with Crippen LogP contribution < -0.4 is 5.32 Å². The van der Waals surface area contributed by atoms with Gasteiger partial charge in [-0.15, -0.1) is 0 Å². The van der Waals surface area contributed by atoms with E-state index < -0.39 is 0 Å². The van der Waals surface area contributed by atoms with E-state index in [2.05, 4.69) is 25.3 Å². The van der Waals surface area contributed by atoms with Crippen molar-refractivity contribution < 1.29 is 4.79 Å². The summed E-state index contributed by atoms with van der Waals surface area (Å²) < 4.78 is 0. The number of fused-ring (bicyclic) bond motifs is 1. The normalized spacial score (nSPS) is 12.6. The van der Waals surface area contributed by atoms with Crippen molar-refractivity contribution in [3.05, 3.63) is 65.7 Å². The molecular weight excluding hydrogens is 326 g/mol. The third-order valence-electron chi connectivity index (χ3n) is 4.38. The zero-order valence-electron chi connectivity index (χ0n) is 14.4. The lowest BCUT2D eigenvalue weighted by molar-refractivity contribution is -0.116. The number of nitrogens with one attached hydrogen (secondary N) is 1. The summed E-state index contributed by atoms with van der Waals surface area (Å²) in [5, 5.41) is 3.22. The van der Waals surface area contributed by atoms with Gasteiger partial charge in [0, 0.05) is 29.3 Å². The van der Waals surface area contributed by atoms with Crippen molar-refractivity contribution in [1.29, 1.82) is 0 Å². The van der Waals surface area contributed by atoms with Crippen molar-refractivity contribution in [3.8, 4) is 11.5 Å². The number of nitrogens with zero attached hydrogens (tertiary/aromatic N) is 4. The van der Waals surface area contributed by atoms with Crippen molar-refractivity contribution in [2.45, 2.75) is 25.7 Å². The van der Waals surface area contributed by atoms with Crippen LogP contribution in [0.2, 0.25) is 0 Å². The molecule has 0 bridgehead atoms. The molecule has 0 aromatic carbocycles. The predicted molar refractivity (Wildman–Crippen MR) is 98.7 cm³/mol. The molecule has 0 saturated carbocycles. The summed E-state index contributed by atoms with van der Waals surface area (Å²) >= 11 is 0. The molecular formula is C20H19N5O. The van der Waals surface area contributed by atoms with Crippen LogP contribution in [-0.4, -0.2) is 32.3 Å². The molecule has 0 radical (unpaired) electrons. The smallest absolute Gasteiger partial charge is 0.180 e. The summed E-state index contributed by atoms with van der Waals surface area (Å²) in [6.45, 7) is 0.224. The van der Waals surface area contributed by atoms with Gasteiger partial charge in [-0.1, -0.05) is 12.1 Å². The maximum Gasteiger partial charge on any atom is 0.180 e. The minimum atomic E-state index is 0.0773. The number of ketones is 1. The van der Waals surface area contributed by atoms with Crippen LogP contribution in [0.25, 0.3) is 11.5 Å². The molecule has 1 aliphatic rings. The molecule has 0 unspecified atom stereocenters.